The molecule has 21 heavy (non-hydrogen) atoms. The van der Waals surface area contributed by atoms with E-state index in [4.69, 9.17) is 5.11 Å². The number of hydrogen-bond acceptors (Lipinski definition) is 5. The predicted octanol–water partition coefficient (Wildman–Crippen LogP) is 1.71. The van der Waals surface area contributed by atoms with Crippen molar-refractivity contribution in [2.24, 2.45) is 5.10 Å². The number of carbonyl (C=O) groups is 1. The topological polar surface area (TPSA) is 102 Å². The van der Waals surface area contributed by atoms with Crippen LogP contribution in [-0.2, 0) is 0 Å². The maximum atomic E-state index is 13.0. The second-order valence-electron chi connectivity index (χ2n) is 4.11. The number of benzene rings is 2. The molecule has 0 fully saturated rings. The van der Waals surface area contributed by atoms with Crippen molar-refractivity contribution in [2.75, 3.05) is 0 Å². The molecule has 0 atom stereocenters. The van der Waals surface area contributed by atoms with Crippen molar-refractivity contribution in [1.29, 1.82) is 0 Å². The van der Waals surface area contributed by atoms with E-state index >= 15 is 0 Å². The first kappa shape index (κ1) is 14.3. The number of amides is 1. The Bertz CT molecular complexity index is 716. The molecule has 2 rings (SSSR count). The maximum absolute atomic E-state index is 13.0. The Balaban J connectivity index is 2.08. The van der Waals surface area contributed by atoms with E-state index in [-0.39, 0.29) is 22.6 Å². The molecule has 7 heteroatoms. The van der Waals surface area contributed by atoms with E-state index in [2.05, 4.69) is 10.5 Å². The van der Waals surface area contributed by atoms with Crippen LogP contribution in [-0.4, -0.2) is 27.4 Å². The summed E-state index contributed by atoms with van der Waals surface area (Å²) in [5.41, 5.74) is 2.32. The Labute approximate surface area is 118 Å². The van der Waals surface area contributed by atoms with E-state index < -0.39 is 17.5 Å². The molecule has 6 nitrogen and oxygen atoms in total. The molecule has 0 aliphatic heterocycles. The summed E-state index contributed by atoms with van der Waals surface area (Å²) in [5, 5.41) is 31.4. The summed E-state index contributed by atoms with van der Waals surface area (Å²) in [4.78, 5) is 11.7. The molecule has 1 amide bonds. The van der Waals surface area contributed by atoms with Gasteiger partial charge in [0.1, 0.15) is 11.6 Å². The van der Waals surface area contributed by atoms with Gasteiger partial charge in [0.25, 0.3) is 5.91 Å². The second kappa shape index (κ2) is 5.91. The van der Waals surface area contributed by atoms with Crippen LogP contribution in [0, 0.1) is 5.82 Å². The minimum atomic E-state index is -0.641. The first-order chi connectivity index (χ1) is 9.97. The van der Waals surface area contributed by atoms with Crippen molar-refractivity contribution in [1.82, 2.24) is 5.43 Å². The van der Waals surface area contributed by atoms with Crippen LogP contribution >= 0.6 is 0 Å². The number of aromatic hydroxyl groups is 3. The molecule has 0 saturated carbocycles. The van der Waals surface area contributed by atoms with Gasteiger partial charge in [0.05, 0.1) is 6.21 Å². The highest BCUT2D eigenvalue weighted by atomic mass is 19.1. The van der Waals surface area contributed by atoms with Crippen molar-refractivity contribution in [3.05, 3.63) is 53.3 Å². The number of phenolic OH excluding ortho intramolecular Hbond substituents is 3. The molecule has 2 aromatic carbocycles. The molecule has 0 aromatic heterocycles. The molecule has 0 aliphatic carbocycles. The van der Waals surface area contributed by atoms with Gasteiger partial charge in [-0.15, -0.1) is 0 Å². The van der Waals surface area contributed by atoms with E-state index in [9.17, 15) is 19.4 Å². The first-order valence-corrected chi connectivity index (χ1v) is 5.81. The first-order valence-electron chi connectivity index (χ1n) is 5.81. The van der Waals surface area contributed by atoms with E-state index in [1.165, 1.54) is 6.07 Å². The summed E-state index contributed by atoms with van der Waals surface area (Å²) in [6.07, 6.45) is 1.08. The molecule has 108 valence electrons. The zero-order valence-corrected chi connectivity index (χ0v) is 10.6. The van der Waals surface area contributed by atoms with Crippen LogP contribution < -0.4 is 5.43 Å². The molecule has 0 aliphatic rings. The molecular weight excluding hydrogens is 279 g/mol. The lowest BCUT2D eigenvalue weighted by Gasteiger charge is -2.02. The third-order valence-electron chi connectivity index (χ3n) is 2.60. The van der Waals surface area contributed by atoms with Gasteiger partial charge in [-0.1, -0.05) is 0 Å². The molecule has 0 spiro atoms. The Morgan fingerprint density at radius 3 is 2.48 bits per heavy atom. The summed E-state index contributed by atoms with van der Waals surface area (Å²) >= 11 is 0. The van der Waals surface area contributed by atoms with Crippen molar-refractivity contribution in [3.8, 4) is 17.2 Å². The Morgan fingerprint density at radius 2 is 1.76 bits per heavy atom. The summed E-state index contributed by atoms with van der Waals surface area (Å²) in [6.45, 7) is 0. The highest BCUT2D eigenvalue weighted by molar-refractivity contribution is 5.95. The van der Waals surface area contributed by atoms with Gasteiger partial charge in [0, 0.05) is 11.1 Å². The lowest BCUT2D eigenvalue weighted by molar-refractivity contribution is 0.0954. The third-order valence-corrected chi connectivity index (χ3v) is 2.60. The highest BCUT2D eigenvalue weighted by Gasteiger charge is 2.08. The Kier molecular flexibility index (Phi) is 4.03. The van der Waals surface area contributed by atoms with Crippen LogP contribution in [0.25, 0.3) is 0 Å². The largest absolute Gasteiger partial charge is 0.507 e. The number of phenols is 3. The predicted molar refractivity (Wildman–Crippen MR) is 72.9 cm³/mol. The van der Waals surface area contributed by atoms with Crippen molar-refractivity contribution in [3.63, 3.8) is 0 Å². The third kappa shape index (κ3) is 3.47. The van der Waals surface area contributed by atoms with E-state index in [0.717, 1.165) is 36.5 Å². The van der Waals surface area contributed by atoms with Crippen LogP contribution in [0.4, 0.5) is 4.39 Å². The number of hydrazone groups is 1. The van der Waals surface area contributed by atoms with Gasteiger partial charge in [-0.05, 0) is 36.4 Å². The Hall–Kier alpha value is -3.09. The van der Waals surface area contributed by atoms with Crippen LogP contribution in [0.15, 0.2) is 41.5 Å². The SMILES string of the molecule is O=C(N/N=C/c1cc(F)ccc1O)c1ccc(O)c(O)c1. The monoisotopic (exact) mass is 290 g/mol. The van der Waals surface area contributed by atoms with E-state index in [1.807, 2.05) is 0 Å². The average Bonchev–Trinajstić information content (AvgIpc) is 2.45. The fourth-order valence-corrected chi connectivity index (χ4v) is 1.52. The van der Waals surface area contributed by atoms with Crippen molar-refractivity contribution >= 4 is 12.1 Å². The van der Waals surface area contributed by atoms with E-state index in [0.29, 0.717) is 0 Å². The van der Waals surface area contributed by atoms with Crippen molar-refractivity contribution in [2.45, 2.75) is 0 Å². The number of nitrogens with zero attached hydrogens (tertiary/aromatic N) is 1. The summed E-state index contributed by atoms with van der Waals surface area (Å²) in [7, 11) is 0. The smallest absolute Gasteiger partial charge is 0.271 e. The maximum Gasteiger partial charge on any atom is 0.271 e. The molecular formula is C14H11FN2O4. The lowest BCUT2D eigenvalue weighted by Crippen LogP contribution is -2.17. The van der Waals surface area contributed by atoms with Gasteiger partial charge in [0.2, 0.25) is 0 Å². The van der Waals surface area contributed by atoms with Crippen LogP contribution in [0.1, 0.15) is 15.9 Å². The van der Waals surface area contributed by atoms with Gasteiger partial charge in [0.15, 0.2) is 11.5 Å². The number of halogens is 1. The molecule has 2 aromatic rings. The molecule has 0 heterocycles. The average molecular weight is 290 g/mol. The van der Waals surface area contributed by atoms with Crippen molar-refractivity contribution < 1.29 is 24.5 Å². The van der Waals surface area contributed by atoms with Gasteiger partial charge in [-0.3, -0.25) is 4.79 Å². The zero-order chi connectivity index (χ0) is 15.4. The van der Waals surface area contributed by atoms with Gasteiger partial charge in [-0.2, -0.15) is 5.10 Å². The normalized spacial score (nSPS) is 10.7. The van der Waals surface area contributed by atoms with Crippen LogP contribution in [0.2, 0.25) is 0 Å². The standard InChI is InChI=1S/C14H11FN2O4/c15-10-2-4-11(18)9(5-10)7-16-17-14(21)8-1-3-12(19)13(20)6-8/h1-7,18-20H,(H,17,21)/b16-7+. The molecule has 0 unspecified atom stereocenters. The summed E-state index contributed by atoms with van der Waals surface area (Å²) in [6, 6.07) is 6.82. The zero-order valence-electron chi connectivity index (χ0n) is 10.6. The minimum Gasteiger partial charge on any atom is -0.507 e. The lowest BCUT2D eigenvalue weighted by atomic mass is 10.2. The van der Waals surface area contributed by atoms with Gasteiger partial charge in [-0.25, -0.2) is 9.82 Å². The van der Waals surface area contributed by atoms with Gasteiger partial charge >= 0.3 is 0 Å². The second-order valence-corrected chi connectivity index (χ2v) is 4.11. The highest BCUT2D eigenvalue weighted by Crippen LogP contribution is 2.24. The fourth-order valence-electron chi connectivity index (χ4n) is 1.52. The number of hydrogen-bond donors (Lipinski definition) is 4. The Morgan fingerprint density at radius 1 is 1.05 bits per heavy atom. The summed E-state index contributed by atoms with van der Waals surface area (Å²) < 4.78 is 13.0. The number of rotatable bonds is 3. The van der Waals surface area contributed by atoms with Gasteiger partial charge < -0.3 is 15.3 Å². The molecule has 0 bridgehead atoms. The van der Waals surface area contributed by atoms with Crippen LogP contribution in [0.3, 0.4) is 0 Å². The summed E-state index contributed by atoms with van der Waals surface area (Å²) in [5.74, 6) is -2.16. The number of carbonyl (C=O) groups excluding carboxylic acids is 1. The molecule has 0 saturated heterocycles. The van der Waals surface area contributed by atoms with Crippen LogP contribution in [0.5, 0.6) is 17.2 Å². The quantitative estimate of drug-likeness (QED) is 0.392. The fraction of sp³-hybridized carbons (Fsp3) is 0. The van der Waals surface area contributed by atoms with E-state index in [1.54, 1.807) is 0 Å². The molecule has 4 N–H and O–H groups in total. The minimum absolute atomic E-state index is 0.0749. The molecule has 0 radical (unpaired) electrons. The number of nitrogens with one attached hydrogen (secondary N) is 1.